The number of furan rings is 2. The van der Waals surface area contributed by atoms with Gasteiger partial charge in [-0.25, -0.2) is 0 Å². The standard InChI is InChI=1S/C116H72N2O2/c1-3-25-73(26-4-1)74-57-61-85(62-58-74)117(108-46-22-43-94-98(42-21-44-100(94)108)106-71-83-31-9-11-33-88(83)92-36-14-17-39-96(92)106)109-47-23-50-112-114(109)102-65-60-77-51-52-81(69-104(77)116(102)120-112)79-53-54-80-68-84(56-55-78(80)67-79)103-72-86(63-66-89(103)75-27-5-2-6-28-75)118(110-48-24-49-111-113(110)101-64-59-76-29-7-12-34-90(76)115(101)119-111)107-45-20-19-41-99(107)93-37-15-18-40-97(93)105-70-82-30-8-10-32-87(82)91-35-13-16-38-95(91)105/h1-72H. The first-order valence-corrected chi connectivity index (χ1v) is 41.2. The Morgan fingerprint density at radius 1 is 0.150 bits per heavy atom. The summed E-state index contributed by atoms with van der Waals surface area (Å²) in [4.78, 5) is 4.94. The van der Waals surface area contributed by atoms with E-state index in [2.05, 4.69) is 447 Å². The van der Waals surface area contributed by atoms with Crippen LogP contribution in [0.4, 0.5) is 34.1 Å². The summed E-state index contributed by atoms with van der Waals surface area (Å²) >= 11 is 0. The number of fused-ring (bicyclic) bond motifs is 18. The number of hydrogen-bond donors (Lipinski definition) is 0. The molecule has 558 valence electrons. The minimum absolute atomic E-state index is 0.820. The van der Waals surface area contributed by atoms with E-state index in [1.165, 1.54) is 70.7 Å². The van der Waals surface area contributed by atoms with Gasteiger partial charge in [0.1, 0.15) is 22.3 Å². The van der Waals surface area contributed by atoms with Crippen molar-refractivity contribution in [1.82, 2.24) is 0 Å². The summed E-state index contributed by atoms with van der Waals surface area (Å²) in [6.45, 7) is 0. The topological polar surface area (TPSA) is 32.8 Å². The number of benzene rings is 22. The summed E-state index contributed by atoms with van der Waals surface area (Å²) < 4.78 is 14.3. The van der Waals surface area contributed by atoms with Crippen LogP contribution >= 0.6 is 0 Å². The second-order valence-electron chi connectivity index (χ2n) is 31.6. The summed E-state index contributed by atoms with van der Waals surface area (Å²) in [7, 11) is 0. The molecule has 0 radical (unpaired) electrons. The molecule has 120 heavy (non-hydrogen) atoms. The van der Waals surface area contributed by atoms with Gasteiger partial charge in [0.15, 0.2) is 0 Å². The van der Waals surface area contributed by atoms with Gasteiger partial charge in [0.25, 0.3) is 0 Å². The van der Waals surface area contributed by atoms with Crippen LogP contribution in [0.5, 0.6) is 0 Å². The monoisotopic (exact) mass is 1520 g/mol. The smallest absolute Gasteiger partial charge is 0.143 e. The molecule has 0 fully saturated rings. The number of anilines is 6. The van der Waals surface area contributed by atoms with Gasteiger partial charge in [0.05, 0.1) is 33.5 Å². The molecule has 22 aromatic carbocycles. The summed E-state index contributed by atoms with van der Waals surface area (Å²) in [5, 5.41) is 23.0. The van der Waals surface area contributed by atoms with Crippen LogP contribution in [0, 0.1) is 0 Å². The zero-order valence-corrected chi connectivity index (χ0v) is 65.3. The minimum atomic E-state index is 0.820. The third kappa shape index (κ3) is 11.2. The molecule has 4 nitrogen and oxygen atoms in total. The molecular formula is C116H72N2O2. The number of rotatable bonds is 13. The van der Waals surface area contributed by atoms with Gasteiger partial charge < -0.3 is 18.6 Å². The molecule has 0 bridgehead atoms. The maximum Gasteiger partial charge on any atom is 0.143 e. The van der Waals surface area contributed by atoms with Gasteiger partial charge in [-0.05, 0) is 245 Å². The summed E-state index contributed by atoms with van der Waals surface area (Å²) in [5.41, 5.74) is 25.6. The molecule has 0 N–H and O–H groups in total. The van der Waals surface area contributed by atoms with Crippen LogP contribution in [0.1, 0.15) is 0 Å². The highest BCUT2D eigenvalue weighted by molar-refractivity contribution is 6.24. The fraction of sp³-hybridized carbons (Fsp3) is 0. The molecule has 0 aliphatic heterocycles. The summed E-state index contributed by atoms with van der Waals surface area (Å²) in [5.74, 6) is 0. The van der Waals surface area contributed by atoms with Crippen LogP contribution < -0.4 is 9.80 Å². The summed E-state index contributed by atoms with van der Waals surface area (Å²) in [6, 6.07) is 160. The van der Waals surface area contributed by atoms with Gasteiger partial charge >= 0.3 is 0 Å². The third-order valence-electron chi connectivity index (χ3n) is 25.0. The molecule has 0 saturated carbocycles. The quantitative estimate of drug-likeness (QED) is 0.108. The number of hydrogen-bond acceptors (Lipinski definition) is 4. The second-order valence-corrected chi connectivity index (χ2v) is 31.6. The lowest BCUT2D eigenvalue weighted by Crippen LogP contribution is -2.12. The van der Waals surface area contributed by atoms with E-state index in [4.69, 9.17) is 8.83 Å². The lowest BCUT2D eigenvalue weighted by molar-refractivity contribution is 0.672. The normalized spacial score (nSPS) is 11.8. The largest absolute Gasteiger partial charge is 0.455 e. The van der Waals surface area contributed by atoms with Crippen molar-refractivity contribution in [2.75, 3.05) is 9.80 Å². The molecule has 0 spiro atoms. The van der Waals surface area contributed by atoms with Crippen LogP contribution in [0.15, 0.2) is 446 Å². The average molecular weight is 1530 g/mol. The molecule has 2 heterocycles. The third-order valence-corrected chi connectivity index (χ3v) is 25.0. The van der Waals surface area contributed by atoms with Gasteiger partial charge in [-0.3, -0.25) is 0 Å². The molecule has 0 aliphatic carbocycles. The maximum absolute atomic E-state index is 7.26. The molecule has 24 aromatic rings. The van der Waals surface area contributed by atoms with Gasteiger partial charge in [0, 0.05) is 43.9 Å². The van der Waals surface area contributed by atoms with Gasteiger partial charge in [-0.1, -0.05) is 334 Å². The summed E-state index contributed by atoms with van der Waals surface area (Å²) in [6.07, 6.45) is 0. The Labute approximate surface area is 692 Å². The highest BCUT2D eigenvalue weighted by atomic mass is 16.3. The van der Waals surface area contributed by atoms with Crippen molar-refractivity contribution in [2.45, 2.75) is 0 Å². The Hall–Kier alpha value is -15.9. The van der Waals surface area contributed by atoms with Crippen LogP contribution in [0.2, 0.25) is 0 Å². The van der Waals surface area contributed by atoms with Crippen molar-refractivity contribution < 1.29 is 8.83 Å². The molecule has 0 amide bonds. The minimum Gasteiger partial charge on any atom is -0.455 e. The van der Waals surface area contributed by atoms with Gasteiger partial charge in [-0.2, -0.15) is 0 Å². The van der Waals surface area contributed by atoms with Crippen molar-refractivity contribution in [3.8, 4) is 77.9 Å². The highest BCUT2D eigenvalue weighted by Crippen LogP contribution is 2.53. The van der Waals surface area contributed by atoms with Crippen molar-refractivity contribution >= 4 is 164 Å². The second kappa shape index (κ2) is 28.0. The predicted molar refractivity (Wildman–Crippen MR) is 508 cm³/mol. The van der Waals surface area contributed by atoms with Crippen molar-refractivity contribution in [3.63, 3.8) is 0 Å². The van der Waals surface area contributed by atoms with E-state index in [-0.39, 0.29) is 0 Å². The van der Waals surface area contributed by atoms with Crippen molar-refractivity contribution in [1.29, 1.82) is 0 Å². The van der Waals surface area contributed by atoms with E-state index >= 15 is 0 Å². The first kappa shape index (κ1) is 68.5. The van der Waals surface area contributed by atoms with Crippen LogP contribution in [-0.2, 0) is 0 Å². The van der Waals surface area contributed by atoms with E-state index in [1.807, 2.05) is 0 Å². The van der Waals surface area contributed by atoms with E-state index in [0.29, 0.717) is 0 Å². The number of para-hydroxylation sites is 1. The van der Waals surface area contributed by atoms with E-state index in [9.17, 15) is 0 Å². The number of nitrogens with zero attached hydrogens (tertiary/aromatic N) is 2. The lowest BCUT2D eigenvalue weighted by Gasteiger charge is -2.30. The zero-order chi connectivity index (χ0) is 78.9. The Bertz CT molecular complexity index is 8300. The molecule has 0 atom stereocenters. The van der Waals surface area contributed by atoms with E-state index < -0.39 is 0 Å². The maximum atomic E-state index is 7.26. The SMILES string of the molecule is c1ccc(-c2ccc(N(c3cccc4c(-c5cc6ccccc6c6ccccc56)cccc34)c3cccc4oc5c6cc(-c7ccc8cc(-c9cc(N(c%10ccccc%10-c%10ccccc%10-c%10cc%11ccccc%11c%11ccccc%10%11)c%10cccc%11oc%12c%13ccccc%13ccc%12c%10%11)ccc9-c9ccccc9)ccc8c7)ccc6ccc5c34)cc2)cc1. The molecule has 0 saturated heterocycles. The lowest BCUT2D eigenvalue weighted by atomic mass is 9.88. The van der Waals surface area contributed by atoms with E-state index in [1.54, 1.807) is 0 Å². The molecule has 0 unspecified atom stereocenters. The zero-order valence-electron chi connectivity index (χ0n) is 65.3. The van der Waals surface area contributed by atoms with Gasteiger partial charge in [0.2, 0.25) is 0 Å². The Morgan fingerprint density at radius 2 is 0.550 bits per heavy atom. The average Bonchev–Trinajstić information content (AvgIpc) is 0.967. The van der Waals surface area contributed by atoms with Crippen molar-refractivity contribution in [2.24, 2.45) is 0 Å². The molecule has 0 aliphatic rings. The molecule has 24 rings (SSSR count). The molecule has 4 heteroatoms. The van der Waals surface area contributed by atoms with Crippen LogP contribution in [-0.4, -0.2) is 0 Å². The Morgan fingerprint density at radius 3 is 1.21 bits per heavy atom. The van der Waals surface area contributed by atoms with Crippen LogP contribution in [0.25, 0.3) is 208 Å². The highest BCUT2D eigenvalue weighted by Gasteiger charge is 2.28. The molecular weight excluding hydrogens is 1450 g/mol. The first-order chi connectivity index (χ1) is 59.5. The fourth-order valence-corrected chi connectivity index (χ4v) is 19.4. The van der Waals surface area contributed by atoms with Crippen LogP contribution in [0.3, 0.4) is 0 Å². The molecule has 2 aromatic heterocycles. The fourth-order valence-electron chi connectivity index (χ4n) is 19.4. The predicted octanol–water partition coefficient (Wildman–Crippen LogP) is 33.3. The van der Waals surface area contributed by atoms with Crippen molar-refractivity contribution in [3.05, 3.63) is 437 Å². The first-order valence-electron chi connectivity index (χ1n) is 41.2. The Kier molecular flexibility index (Phi) is 16.0. The van der Waals surface area contributed by atoms with E-state index in [0.717, 1.165) is 171 Å². The van der Waals surface area contributed by atoms with Gasteiger partial charge in [-0.15, -0.1) is 0 Å². The Balaban J connectivity index is 0.637.